The van der Waals surface area contributed by atoms with Crippen molar-refractivity contribution >= 4 is 12.0 Å². The van der Waals surface area contributed by atoms with Crippen LogP contribution in [-0.4, -0.2) is 11.9 Å². The molecule has 0 aliphatic heterocycles. The summed E-state index contributed by atoms with van der Waals surface area (Å²) in [6.07, 6.45) is 5.11. The first-order chi connectivity index (χ1) is 8.19. The summed E-state index contributed by atoms with van der Waals surface area (Å²) < 4.78 is 13.2. The Kier molecular flexibility index (Phi) is 3.57. The summed E-state index contributed by atoms with van der Waals surface area (Å²) in [4.78, 5) is 11.7. The zero-order valence-corrected chi connectivity index (χ0v) is 9.71. The highest BCUT2D eigenvalue weighted by Gasteiger charge is 2.19. The molecular weight excluding hydrogens is 217 g/mol. The second-order valence-electron chi connectivity index (χ2n) is 4.43. The molecule has 1 amide bonds. The van der Waals surface area contributed by atoms with Gasteiger partial charge >= 0.3 is 0 Å². The van der Waals surface area contributed by atoms with Crippen LogP contribution in [0.1, 0.15) is 30.4 Å². The molecule has 0 saturated heterocycles. The number of nitrogens with one attached hydrogen (secondary N) is 1. The van der Waals surface area contributed by atoms with Crippen molar-refractivity contribution in [3.63, 3.8) is 0 Å². The Bertz CT molecular complexity index is 438. The molecule has 0 aromatic heterocycles. The lowest BCUT2D eigenvalue weighted by atomic mass is 9.93. The van der Waals surface area contributed by atoms with E-state index in [1.165, 1.54) is 18.6 Å². The number of rotatable bonds is 4. The van der Waals surface area contributed by atoms with E-state index in [-0.39, 0.29) is 11.7 Å². The second kappa shape index (κ2) is 5.13. The van der Waals surface area contributed by atoms with E-state index in [1.807, 2.05) is 0 Å². The highest BCUT2D eigenvalue weighted by molar-refractivity contribution is 5.79. The van der Waals surface area contributed by atoms with Crippen LogP contribution in [0.3, 0.4) is 0 Å². The van der Waals surface area contributed by atoms with Gasteiger partial charge in [0.2, 0.25) is 5.91 Å². The fourth-order valence-corrected chi connectivity index (χ4v) is 1.88. The predicted octanol–water partition coefficient (Wildman–Crippen LogP) is 2.68. The molecule has 1 aromatic carbocycles. The molecule has 1 fully saturated rings. The highest BCUT2D eigenvalue weighted by atomic mass is 19.1. The average Bonchev–Trinajstić information content (AvgIpc) is 2.26. The Balaban J connectivity index is 1.97. The van der Waals surface area contributed by atoms with Crippen LogP contribution < -0.4 is 5.32 Å². The van der Waals surface area contributed by atoms with Crippen molar-refractivity contribution in [1.29, 1.82) is 0 Å². The minimum Gasteiger partial charge on any atom is -0.353 e. The maximum atomic E-state index is 13.2. The van der Waals surface area contributed by atoms with Gasteiger partial charge in [-0.2, -0.15) is 0 Å². The fraction of sp³-hybridized carbons (Fsp3) is 0.357. The van der Waals surface area contributed by atoms with Gasteiger partial charge in [-0.1, -0.05) is 18.7 Å². The molecule has 17 heavy (non-hydrogen) atoms. The van der Waals surface area contributed by atoms with Gasteiger partial charge in [0.05, 0.1) is 6.42 Å². The van der Waals surface area contributed by atoms with Gasteiger partial charge in [0.15, 0.2) is 0 Å². The molecule has 1 saturated carbocycles. The molecule has 1 aromatic rings. The standard InChI is InChI=1S/C14H16FNO/c1-2-11-8-10(6-7-13(11)15)9-14(17)16-12-4-3-5-12/h2,6-8,12H,1,3-5,9H2,(H,16,17). The fourth-order valence-electron chi connectivity index (χ4n) is 1.88. The predicted molar refractivity (Wildman–Crippen MR) is 66.0 cm³/mol. The topological polar surface area (TPSA) is 29.1 Å². The van der Waals surface area contributed by atoms with Gasteiger partial charge in [0, 0.05) is 11.6 Å². The third-order valence-electron chi connectivity index (χ3n) is 3.12. The van der Waals surface area contributed by atoms with Crippen LogP contribution in [0.5, 0.6) is 0 Å². The molecule has 0 bridgehead atoms. The van der Waals surface area contributed by atoms with E-state index < -0.39 is 0 Å². The highest BCUT2D eigenvalue weighted by Crippen LogP contribution is 2.18. The summed E-state index contributed by atoms with van der Waals surface area (Å²) in [5.74, 6) is -0.292. The van der Waals surface area contributed by atoms with Crippen LogP contribution in [0.15, 0.2) is 24.8 Å². The van der Waals surface area contributed by atoms with Crippen molar-refractivity contribution in [2.75, 3.05) is 0 Å². The smallest absolute Gasteiger partial charge is 0.224 e. The molecule has 0 spiro atoms. The average molecular weight is 233 g/mol. The number of hydrogen-bond acceptors (Lipinski definition) is 1. The van der Waals surface area contributed by atoms with Gasteiger partial charge in [-0.3, -0.25) is 4.79 Å². The summed E-state index contributed by atoms with van der Waals surface area (Å²) >= 11 is 0. The Hall–Kier alpha value is -1.64. The lowest BCUT2D eigenvalue weighted by Crippen LogP contribution is -2.40. The normalized spacial score (nSPS) is 15.1. The maximum absolute atomic E-state index is 13.2. The molecule has 0 heterocycles. The van der Waals surface area contributed by atoms with Gasteiger partial charge in [0.25, 0.3) is 0 Å². The number of halogens is 1. The SMILES string of the molecule is C=Cc1cc(CC(=O)NC2CCC2)ccc1F. The molecule has 1 N–H and O–H groups in total. The summed E-state index contributed by atoms with van der Waals surface area (Å²) in [6, 6.07) is 5.04. The summed E-state index contributed by atoms with van der Waals surface area (Å²) in [5, 5.41) is 2.96. The van der Waals surface area contributed by atoms with Crippen molar-refractivity contribution in [3.05, 3.63) is 41.7 Å². The number of hydrogen-bond donors (Lipinski definition) is 1. The summed E-state index contributed by atoms with van der Waals surface area (Å²) in [7, 11) is 0. The maximum Gasteiger partial charge on any atom is 0.224 e. The lowest BCUT2D eigenvalue weighted by molar-refractivity contribution is -0.121. The zero-order valence-electron chi connectivity index (χ0n) is 9.71. The van der Waals surface area contributed by atoms with Gasteiger partial charge in [-0.15, -0.1) is 0 Å². The van der Waals surface area contributed by atoms with Crippen LogP contribution in [0, 0.1) is 5.82 Å². The third-order valence-corrected chi connectivity index (χ3v) is 3.12. The molecular formula is C14H16FNO. The molecule has 0 unspecified atom stereocenters. The van der Waals surface area contributed by atoms with Gasteiger partial charge in [-0.05, 0) is 37.0 Å². The van der Waals surface area contributed by atoms with Gasteiger partial charge in [0.1, 0.15) is 5.82 Å². The monoisotopic (exact) mass is 233 g/mol. The Morgan fingerprint density at radius 3 is 2.88 bits per heavy atom. The summed E-state index contributed by atoms with van der Waals surface area (Å²) in [5.41, 5.74) is 1.26. The number of amides is 1. The van der Waals surface area contributed by atoms with Crippen LogP contribution >= 0.6 is 0 Å². The molecule has 90 valence electrons. The first kappa shape index (κ1) is 11.8. The van der Waals surface area contributed by atoms with E-state index in [4.69, 9.17) is 0 Å². The van der Waals surface area contributed by atoms with Gasteiger partial charge < -0.3 is 5.32 Å². The van der Waals surface area contributed by atoms with E-state index in [1.54, 1.807) is 12.1 Å². The largest absolute Gasteiger partial charge is 0.353 e. The number of carbonyl (C=O) groups excluding carboxylic acids is 1. The molecule has 0 radical (unpaired) electrons. The number of benzene rings is 1. The van der Waals surface area contributed by atoms with Crippen LogP contribution in [-0.2, 0) is 11.2 Å². The quantitative estimate of drug-likeness (QED) is 0.851. The van der Waals surface area contributed by atoms with Crippen molar-refractivity contribution in [1.82, 2.24) is 5.32 Å². The lowest BCUT2D eigenvalue weighted by Gasteiger charge is -2.26. The first-order valence-corrected chi connectivity index (χ1v) is 5.89. The van der Waals surface area contributed by atoms with E-state index in [2.05, 4.69) is 11.9 Å². The van der Waals surface area contributed by atoms with E-state index in [0.29, 0.717) is 18.0 Å². The molecule has 2 nitrogen and oxygen atoms in total. The molecule has 1 aliphatic rings. The number of carbonyl (C=O) groups is 1. The summed E-state index contributed by atoms with van der Waals surface area (Å²) in [6.45, 7) is 3.54. The molecule has 1 aliphatic carbocycles. The van der Waals surface area contributed by atoms with Gasteiger partial charge in [-0.25, -0.2) is 4.39 Å². The van der Waals surface area contributed by atoms with Crippen molar-refractivity contribution < 1.29 is 9.18 Å². The van der Waals surface area contributed by atoms with Crippen LogP contribution in [0.25, 0.3) is 6.08 Å². The van der Waals surface area contributed by atoms with E-state index >= 15 is 0 Å². The third kappa shape index (κ3) is 2.93. The Morgan fingerprint density at radius 2 is 2.29 bits per heavy atom. The molecule has 2 rings (SSSR count). The van der Waals surface area contributed by atoms with Crippen LogP contribution in [0.2, 0.25) is 0 Å². The second-order valence-corrected chi connectivity index (χ2v) is 4.43. The van der Waals surface area contributed by atoms with Crippen molar-refractivity contribution in [3.8, 4) is 0 Å². The minimum absolute atomic E-state index is 0.0105. The van der Waals surface area contributed by atoms with Crippen molar-refractivity contribution in [2.24, 2.45) is 0 Å². The Morgan fingerprint density at radius 1 is 1.53 bits per heavy atom. The van der Waals surface area contributed by atoms with Crippen molar-refractivity contribution in [2.45, 2.75) is 31.7 Å². The Labute approximate surface area is 101 Å². The minimum atomic E-state index is -0.303. The van der Waals surface area contributed by atoms with E-state index in [0.717, 1.165) is 18.4 Å². The molecule has 0 atom stereocenters. The van der Waals surface area contributed by atoms with E-state index in [9.17, 15) is 9.18 Å². The van der Waals surface area contributed by atoms with Crippen LogP contribution in [0.4, 0.5) is 4.39 Å². The first-order valence-electron chi connectivity index (χ1n) is 5.89. The molecule has 3 heteroatoms. The zero-order chi connectivity index (χ0) is 12.3.